The van der Waals surface area contributed by atoms with Gasteiger partial charge in [0, 0.05) is 68.5 Å². The molecule has 1 unspecified atom stereocenters. The van der Waals surface area contributed by atoms with E-state index < -0.39 is 29.7 Å². The molecule has 1 saturated heterocycles. The SMILES string of the molecule is CNC(=O)/C=C/c1ccc(CN(CCOCCNc2cccc3c2C(=O)N(C2CCC(=O)NC2=O)C3=O)CCc2c[nH]c3ccccc23)cc1. The quantitative estimate of drug-likeness (QED) is 0.0849. The summed E-state index contributed by atoms with van der Waals surface area (Å²) < 4.78 is 6.02. The third kappa shape index (κ3) is 7.82. The van der Waals surface area contributed by atoms with Crippen LogP contribution in [0, 0.1) is 0 Å². The van der Waals surface area contributed by atoms with Gasteiger partial charge >= 0.3 is 0 Å². The normalized spacial score (nSPS) is 16.0. The van der Waals surface area contributed by atoms with Crippen LogP contribution < -0.4 is 16.0 Å². The van der Waals surface area contributed by atoms with Gasteiger partial charge in [-0.3, -0.25) is 39.1 Å². The van der Waals surface area contributed by atoms with E-state index in [1.807, 2.05) is 24.3 Å². The first kappa shape index (κ1) is 34.3. The number of para-hydroxylation sites is 1. The number of amides is 5. The Morgan fingerprint density at radius 3 is 2.60 bits per heavy atom. The molecule has 258 valence electrons. The lowest BCUT2D eigenvalue weighted by atomic mass is 10.0. The van der Waals surface area contributed by atoms with E-state index in [9.17, 15) is 24.0 Å². The molecular weight excluding hydrogens is 636 g/mol. The van der Waals surface area contributed by atoms with Crippen LogP contribution in [0.25, 0.3) is 17.0 Å². The predicted molar refractivity (Wildman–Crippen MR) is 189 cm³/mol. The highest BCUT2D eigenvalue weighted by molar-refractivity contribution is 6.25. The van der Waals surface area contributed by atoms with E-state index in [0.29, 0.717) is 32.0 Å². The lowest BCUT2D eigenvalue weighted by molar-refractivity contribution is -0.136. The van der Waals surface area contributed by atoms with Crippen LogP contribution >= 0.6 is 0 Å². The number of aromatic nitrogens is 1. The fourth-order valence-electron chi connectivity index (χ4n) is 6.35. The zero-order valence-corrected chi connectivity index (χ0v) is 27.9. The van der Waals surface area contributed by atoms with Crippen molar-refractivity contribution < 1.29 is 28.7 Å². The summed E-state index contributed by atoms with van der Waals surface area (Å²) in [7, 11) is 1.60. The molecule has 1 fully saturated rings. The molecule has 5 amide bonds. The first-order valence-corrected chi connectivity index (χ1v) is 16.7. The van der Waals surface area contributed by atoms with E-state index in [4.69, 9.17) is 4.74 Å². The minimum absolute atomic E-state index is 0.0665. The molecule has 1 aromatic heterocycles. The van der Waals surface area contributed by atoms with E-state index in [0.717, 1.165) is 41.1 Å². The summed E-state index contributed by atoms with van der Waals surface area (Å²) in [5.74, 6) is -2.29. The Kier molecular flexibility index (Phi) is 10.8. The number of piperidine rings is 1. The number of benzene rings is 3. The number of anilines is 1. The van der Waals surface area contributed by atoms with Crippen molar-refractivity contribution in [3.63, 3.8) is 0 Å². The number of hydrogen-bond donors (Lipinski definition) is 4. The van der Waals surface area contributed by atoms with E-state index in [1.165, 1.54) is 17.0 Å². The summed E-state index contributed by atoms with van der Waals surface area (Å²) >= 11 is 0. The molecule has 4 aromatic rings. The fraction of sp³-hybridized carbons (Fsp3) is 0.289. The van der Waals surface area contributed by atoms with Crippen LogP contribution in [-0.4, -0.2) is 90.3 Å². The minimum Gasteiger partial charge on any atom is -0.382 e. The van der Waals surface area contributed by atoms with Gasteiger partial charge in [0.25, 0.3) is 11.8 Å². The number of nitrogens with one attached hydrogen (secondary N) is 4. The van der Waals surface area contributed by atoms with Crippen molar-refractivity contribution in [1.29, 1.82) is 0 Å². The largest absolute Gasteiger partial charge is 0.382 e. The molecule has 12 heteroatoms. The number of carbonyl (C=O) groups excluding carboxylic acids is 5. The second kappa shape index (κ2) is 15.7. The first-order chi connectivity index (χ1) is 24.3. The second-order valence-electron chi connectivity index (χ2n) is 12.3. The third-order valence-electron chi connectivity index (χ3n) is 9.01. The molecule has 0 aliphatic carbocycles. The van der Waals surface area contributed by atoms with Gasteiger partial charge in [-0.1, -0.05) is 48.5 Å². The Hall–Kier alpha value is -5.59. The lowest BCUT2D eigenvalue weighted by Gasteiger charge is -2.27. The number of fused-ring (bicyclic) bond motifs is 2. The summed E-state index contributed by atoms with van der Waals surface area (Å²) in [6.45, 7) is 3.48. The Morgan fingerprint density at radius 1 is 0.980 bits per heavy atom. The Balaban J connectivity index is 1.04. The van der Waals surface area contributed by atoms with Gasteiger partial charge in [0.1, 0.15) is 6.04 Å². The maximum Gasteiger partial charge on any atom is 0.264 e. The molecule has 2 aliphatic rings. The number of carbonyl (C=O) groups is 5. The standard InChI is InChI=1S/C38H40N6O6/c1-39-33(45)15-13-25-9-11-26(12-10-25)24-43(19-17-27-23-41-30-7-3-2-5-28(27)30)20-22-50-21-18-40-31-8-4-6-29-35(31)38(49)44(37(29)48)32-14-16-34(46)42-36(32)47/h2-13,15,23,32,40-41H,14,16-22,24H2,1H3,(H,39,45)(H,42,46,47)/b15-13+. The number of imide groups is 2. The zero-order chi connectivity index (χ0) is 35.0. The molecule has 50 heavy (non-hydrogen) atoms. The van der Waals surface area contributed by atoms with Crippen molar-refractivity contribution in [2.75, 3.05) is 45.2 Å². The van der Waals surface area contributed by atoms with E-state index >= 15 is 0 Å². The summed E-state index contributed by atoms with van der Waals surface area (Å²) in [5, 5.41) is 9.24. The molecular formula is C38H40N6O6. The summed E-state index contributed by atoms with van der Waals surface area (Å²) in [6.07, 6.45) is 6.39. The predicted octanol–water partition coefficient (Wildman–Crippen LogP) is 3.50. The monoisotopic (exact) mass is 676 g/mol. The molecule has 0 radical (unpaired) electrons. The van der Waals surface area contributed by atoms with Crippen LogP contribution in [0.4, 0.5) is 5.69 Å². The molecule has 1 atom stereocenters. The molecule has 6 rings (SSSR count). The molecule has 0 spiro atoms. The van der Waals surface area contributed by atoms with Crippen molar-refractivity contribution in [2.24, 2.45) is 0 Å². The highest BCUT2D eigenvalue weighted by atomic mass is 16.5. The Labute approximate surface area is 289 Å². The maximum atomic E-state index is 13.4. The van der Waals surface area contributed by atoms with Crippen LogP contribution in [0.3, 0.4) is 0 Å². The van der Waals surface area contributed by atoms with Gasteiger partial charge in [-0.05, 0) is 53.8 Å². The number of nitrogens with zero attached hydrogens (tertiary/aromatic N) is 2. The third-order valence-corrected chi connectivity index (χ3v) is 9.01. The Morgan fingerprint density at radius 2 is 1.80 bits per heavy atom. The van der Waals surface area contributed by atoms with Gasteiger partial charge in [0.2, 0.25) is 17.7 Å². The van der Waals surface area contributed by atoms with Gasteiger partial charge in [-0.2, -0.15) is 0 Å². The highest BCUT2D eigenvalue weighted by Gasteiger charge is 2.45. The molecule has 0 bridgehead atoms. The zero-order valence-electron chi connectivity index (χ0n) is 27.9. The number of rotatable bonds is 15. The van der Waals surface area contributed by atoms with E-state index in [2.05, 4.69) is 56.3 Å². The van der Waals surface area contributed by atoms with Gasteiger partial charge in [-0.25, -0.2) is 0 Å². The van der Waals surface area contributed by atoms with Crippen molar-refractivity contribution in [2.45, 2.75) is 31.8 Å². The lowest BCUT2D eigenvalue weighted by Crippen LogP contribution is -2.54. The van der Waals surface area contributed by atoms with Crippen molar-refractivity contribution in [1.82, 2.24) is 25.4 Å². The van der Waals surface area contributed by atoms with Gasteiger partial charge < -0.3 is 20.4 Å². The van der Waals surface area contributed by atoms with Crippen LogP contribution in [-0.2, 0) is 32.1 Å². The van der Waals surface area contributed by atoms with Gasteiger partial charge in [0.05, 0.1) is 24.3 Å². The van der Waals surface area contributed by atoms with Crippen molar-refractivity contribution in [3.05, 3.63) is 107 Å². The van der Waals surface area contributed by atoms with Crippen LogP contribution in [0.1, 0.15) is 50.2 Å². The minimum atomic E-state index is -1.01. The number of ether oxygens (including phenoxy) is 1. The second-order valence-corrected chi connectivity index (χ2v) is 12.3. The van der Waals surface area contributed by atoms with Crippen LogP contribution in [0.15, 0.2) is 79.0 Å². The van der Waals surface area contributed by atoms with Gasteiger partial charge in [0.15, 0.2) is 0 Å². The average molecular weight is 677 g/mol. The average Bonchev–Trinajstić information content (AvgIpc) is 3.65. The fourth-order valence-corrected chi connectivity index (χ4v) is 6.35. The molecule has 2 aliphatic heterocycles. The highest BCUT2D eigenvalue weighted by Crippen LogP contribution is 2.32. The Bertz CT molecular complexity index is 1930. The van der Waals surface area contributed by atoms with E-state index in [1.54, 1.807) is 31.3 Å². The van der Waals surface area contributed by atoms with Crippen molar-refractivity contribution >= 4 is 52.2 Å². The maximum absolute atomic E-state index is 13.4. The molecule has 12 nitrogen and oxygen atoms in total. The topological polar surface area (TPSA) is 153 Å². The molecule has 0 saturated carbocycles. The molecule has 3 heterocycles. The molecule has 4 N–H and O–H groups in total. The van der Waals surface area contributed by atoms with Crippen LogP contribution in [0.2, 0.25) is 0 Å². The number of likely N-dealkylation sites (N-methyl/N-ethyl adjacent to an activating group) is 1. The van der Waals surface area contributed by atoms with Crippen molar-refractivity contribution in [3.8, 4) is 0 Å². The summed E-state index contributed by atoms with van der Waals surface area (Å²) in [4.78, 5) is 68.8. The van der Waals surface area contributed by atoms with Crippen LogP contribution in [0.5, 0.6) is 0 Å². The number of H-pyrrole nitrogens is 1. The van der Waals surface area contributed by atoms with Gasteiger partial charge in [-0.15, -0.1) is 0 Å². The molecule has 3 aromatic carbocycles. The van der Waals surface area contributed by atoms with E-state index in [-0.39, 0.29) is 29.9 Å². The smallest absolute Gasteiger partial charge is 0.264 e. The first-order valence-electron chi connectivity index (χ1n) is 16.7. The summed E-state index contributed by atoms with van der Waals surface area (Å²) in [5.41, 5.74) is 5.40. The number of hydrogen-bond acceptors (Lipinski definition) is 8. The summed E-state index contributed by atoms with van der Waals surface area (Å²) in [6, 6.07) is 20.4. The number of aromatic amines is 1.